The van der Waals surface area contributed by atoms with Crippen molar-refractivity contribution in [2.24, 2.45) is 0 Å². The lowest BCUT2D eigenvalue weighted by molar-refractivity contribution is 0.0950. The normalized spacial score (nSPS) is 10.3. The molecule has 104 valence electrons. The van der Waals surface area contributed by atoms with E-state index in [-0.39, 0.29) is 5.91 Å². The summed E-state index contributed by atoms with van der Waals surface area (Å²) in [4.78, 5) is 16.0. The molecule has 0 fully saturated rings. The van der Waals surface area contributed by atoms with Gasteiger partial charge in [-0.3, -0.25) is 4.79 Å². The molecular weight excluding hydrogens is 320 g/mol. The van der Waals surface area contributed by atoms with Crippen LogP contribution in [0.1, 0.15) is 21.5 Å². The molecule has 1 amide bonds. The van der Waals surface area contributed by atoms with Crippen LogP contribution in [0.3, 0.4) is 0 Å². The average molecular weight is 335 g/mol. The van der Waals surface area contributed by atoms with Crippen molar-refractivity contribution in [2.45, 2.75) is 13.2 Å². The molecule has 20 heavy (non-hydrogen) atoms. The van der Waals surface area contributed by atoms with E-state index in [4.69, 9.17) is 4.74 Å². The van der Waals surface area contributed by atoms with Crippen molar-refractivity contribution in [3.8, 4) is 0 Å². The van der Waals surface area contributed by atoms with Gasteiger partial charge in [0.25, 0.3) is 5.91 Å². The Hall–Kier alpha value is -1.72. The number of rotatable bonds is 5. The maximum absolute atomic E-state index is 12.0. The largest absolute Gasteiger partial charge is 0.380 e. The third-order valence-corrected chi connectivity index (χ3v) is 3.28. The number of hydrogen-bond acceptors (Lipinski definition) is 3. The van der Waals surface area contributed by atoms with E-state index in [1.54, 1.807) is 25.4 Å². The highest BCUT2D eigenvalue weighted by atomic mass is 79.9. The monoisotopic (exact) mass is 334 g/mol. The quantitative estimate of drug-likeness (QED) is 0.855. The standard InChI is InChI=1S/C15H15BrN2O2/c1-20-10-13-5-3-2-4-12(13)9-18-15(19)11-6-7-17-14(16)8-11/h2-8H,9-10H2,1H3,(H,18,19). The lowest BCUT2D eigenvalue weighted by atomic mass is 10.1. The molecule has 1 N–H and O–H groups in total. The first-order valence-corrected chi connectivity index (χ1v) is 6.95. The van der Waals surface area contributed by atoms with Gasteiger partial charge >= 0.3 is 0 Å². The van der Waals surface area contributed by atoms with Crippen LogP contribution >= 0.6 is 15.9 Å². The Labute approximate surface area is 126 Å². The van der Waals surface area contributed by atoms with Gasteiger partial charge in [-0.15, -0.1) is 0 Å². The molecule has 4 nitrogen and oxygen atoms in total. The number of carbonyl (C=O) groups excluding carboxylic acids is 1. The molecule has 0 radical (unpaired) electrons. The molecule has 0 spiro atoms. The van der Waals surface area contributed by atoms with E-state index >= 15 is 0 Å². The molecule has 1 heterocycles. The summed E-state index contributed by atoms with van der Waals surface area (Å²) in [7, 11) is 1.66. The van der Waals surface area contributed by atoms with Gasteiger partial charge in [-0.05, 0) is 39.2 Å². The van der Waals surface area contributed by atoms with Crippen LogP contribution in [-0.2, 0) is 17.9 Å². The van der Waals surface area contributed by atoms with Gasteiger partial charge in [0, 0.05) is 25.4 Å². The fourth-order valence-electron chi connectivity index (χ4n) is 1.85. The first kappa shape index (κ1) is 14.7. The number of pyridine rings is 1. The van der Waals surface area contributed by atoms with E-state index in [1.807, 2.05) is 24.3 Å². The van der Waals surface area contributed by atoms with E-state index in [9.17, 15) is 4.79 Å². The number of nitrogens with one attached hydrogen (secondary N) is 1. The number of ether oxygens (including phenoxy) is 1. The second-order valence-corrected chi connectivity index (χ2v) is 5.06. The van der Waals surface area contributed by atoms with Crippen LogP contribution in [0.2, 0.25) is 0 Å². The molecular formula is C15H15BrN2O2. The average Bonchev–Trinajstić information content (AvgIpc) is 2.46. The van der Waals surface area contributed by atoms with Gasteiger partial charge in [0.15, 0.2) is 0 Å². The highest BCUT2D eigenvalue weighted by Crippen LogP contribution is 2.11. The topological polar surface area (TPSA) is 51.2 Å². The van der Waals surface area contributed by atoms with Crippen LogP contribution in [0.25, 0.3) is 0 Å². The predicted octanol–water partition coefficient (Wildman–Crippen LogP) is 2.92. The van der Waals surface area contributed by atoms with Gasteiger partial charge in [-0.2, -0.15) is 0 Å². The fourth-order valence-corrected chi connectivity index (χ4v) is 2.21. The van der Waals surface area contributed by atoms with E-state index in [0.29, 0.717) is 23.3 Å². The molecule has 2 aromatic rings. The lowest BCUT2D eigenvalue weighted by Gasteiger charge is -2.10. The van der Waals surface area contributed by atoms with E-state index < -0.39 is 0 Å². The smallest absolute Gasteiger partial charge is 0.251 e. The Morgan fingerprint density at radius 3 is 2.75 bits per heavy atom. The van der Waals surface area contributed by atoms with Crippen molar-refractivity contribution in [1.82, 2.24) is 10.3 Å². The van der Waals surface area contributed by atoms with E-state index in [0.717, 1.165) is 11.1 Å². The van der Waals surface area contributed by atoms with Crippen LogP contribution in [-0.4, -0.2) is 18.0 Å². The van der Waals surface area contributed by atoms with Crippen LogP contribution < -0.4 is 5.32 Å². The summed E-state index contributed by atoms with van der Waals surface area (Å²) in [6.07, 6.45) is 1.60. The molecule has 0 bridgehead atoms. The van der Waals surface area contributed by atoms with Gasteiger partial charge in [0.05, 0.1) is 6.61 Å². The van der Waals surface area contributed by atoms with Crippen LogP contribution in [0.15, 0.2) is 47.2 Å². The third kappa shape index (κ3) is 3.88. The molecule has 2 rings (SSSR count). The van der Waals surface area contributed by atoms with Gasteiger partial charge < -0.3 is 10.1 Å². The first-order valence-electron chi connectivity index (χ1n) is 6.16. The van der Waals surface area contributed by atoms with E-state index in [1.165, 1.54) is 0 Å². The second-order valence-electron chi connectivity index (χ2n) is 4.25. The molecule has 0 unspecified atom stereocenters. The van der Waals surface area contributed by atoms with Crippen LogP contribution in [0.4, 0.5) is 0 Å². The fraction of sp³-hybridized carbons (Fsp3) is 0.200. The van der Waals surface area contributed by atoms with Crippen molar-refractivity contribution in [3.63, 3.8) is 0 Å². The highest BCUT2D eigenvalue weighted by molar-refractivity contribution is 9.10. The molecule has 1 aromatic heterocycles. The Kier molecular flexibility index (Phi) is 5.26. The minimum absolute atomic E-state index is 0.125. The van der Waals surface area contributed by atoms with E-state index in [2.05, 4.69) is 26.2 Å². The lowest BCUT2D eigenvalue weighted by Crippen LogP contribution is -2.23. The number of nitrogens with zero attached hydrogens (tertiary/aromatic N) is 1. The summed E-state index contributed by atoms with van der Waals surface area (Å²) in [6, 6.07) is 11.3. The maximum atomic E-state index is 12.0. The molecule has 0 aliphatic heterocycles. The van der Waals surface area contributed by atoms with Gasteiger partial charge in [0.1, 0.15) is 4.60 Å². The summed E-state index contributed by atoms with van der Waals surface area (Å²) in [6.45, 7) is 1.01. The zero-order valence-electron chi connectivity index (χ0n) is 11.1. The number of benzene rings is 1. The number of aromatic nitrogens is 1. The number of halogens is 1. The summed E-state index contributed by atoms with van der Waals surface area (Å²) < 4.78 is 5.79. The summed E-state index contributed by atoms with van der Waals surface area (Å²) >= 11 is 3.25. The number of hydrogen-bond donors (Lipinski definition) is 1. The molecule has 0 atom stereocenters. The molecule has 0 saturated heterocycles. The number of carbonyl (C=O) groups is 1. The minimum atomic E-state index is -0.125. The number of methoxy groups -OCH3 is 1. The first-order chi connectivity index (χ1) is 9.70. The highest BCUT2D eigenvalue weighted by Gasteiger charge is 2.07. The molecule has 0 aliphatic rings. The Morgan fingerprint density at radius 2 is 2.05 bits per heavy atom. The van der Waals surface area contributed by atoms with Crippen molar-refractivity contribution in [2.75, 3.05) is 7.11 Å². The van der Waals surface area contributed by atoms with Gasteiger partial charge in [-0.1, -0.05) is 24.3 Å². The molecule has 0 saturated carbocycles. The third-order valence-electron chi connectivity index (χ3n) is 2.85. The second kappa shape index (κ2) is 7.17. The number of amides is 1. The zero-order valence-corrected chi connectivity index (χ0v) is 12.7. The minimum Gasteiger partial charge on any atom is -0.380 e. The Balaban J connectivity index is 2.03. The SMILES string of the molecule is COCc1ccccc1CNC(=O)c1ccnc(Br)c1. The van der Waals surface area contributed by atoms with Crippen molar-refractivity contribution < 1.29 is 9.53 Å². The van der Waals surface area contributed by atoms with Crippen molar-refractivity contribution in [3.05, 3.63) is 63.9 Å². The van der Waals surface area contributed by atoms with Crippen LogP contribution in [0.5, 0.6) is 0 Å². The zero-order chi connectivity index (χ0) is 14.4. The van der Waals surface area contributed by atoms with Crippen molar-refractivity contribution >= 4 is 21.8 Å². The van der Waals surface area contributed by atoms with Crippen molar-refractivity contribution in [1.29, 1.82) is 0 Å². The summed E-state index contributed by atoms with van der Waals surface area (Å²) in [5, 5.41) is 2.90. The molecule has 5 heteroatoms. The van der Waals surface area contributed by atoms with Gasteiger partial charge in [0.2, 0.25) is 0 Å². The summed E-state index contributed by atoms with van der Waals surface area (Å²) in [5.41, 5.74) is 2.71. The molecule has 0 aliphatic carbocycles. The molecule has 1 aromatic carbocycles. The summed E-state index contributed by atoms with van der Waals surface area (Å²) in [5.74, 6) is -0.125. The Bertz CT molecular complexity index is 602. The van der Waals surface area contributed by atoms with Crippen LogP contribution in [0, 0.1) is 0 Å². The predicted molar refractivity (Wildman–Crippen MR) is 80.3 cm³/mol. The van der Waals surface area contributed by atoms with Gasteiger partial charge in [-0.25, -0.2) is 4.98 Å². The maximum Gasteiger partial charge on any atom is 0.251 e. The Morgan fingerprint density at radius 1 is 1.30 bits per heavy atom.